The molecule has 2 aliphatic rings. The lowest BCUT2D eigenvalue weighted by Gasteiger charge is -2.33. The molecule has 0 amide bonds. The minimum Gasteiger partial charge on any atom is -0.490 e. The van der Waals surface area contributed by atoms with E-state index in [1.165, 1.54) is 6.92 Å². The average molecular weight is 497 g/mol. The summed E-state index contributed by atoms with van der Waals surface area (Å²) < 4.78 is 46.1. The molecule has 182 valence electrons. The first-order valence-corrected chi connectivity index (χ1v) is 11.3. The summed E-state index contributed by atoms with van der Waals surface area (Å²) in [4.78, 5) is 17.7. The van der Waals surface area contributed by atoms with Crippen molar-refractivity contribution in [3.05, 3.63) is 47.6 Å². The van der Waals surface area contributed by atoms with Gasteiger partial charge in [0.25, 0.3) is 0 Å². The first-order valence-electron chi connectivity index (χ1n) is 10.9. The van der Waals surface area contributed by atoms with E-state index in [4.69, 9.17) is 16.3 Å². The number of anilines is 2. The number of aliphatic carboxylic acids is 1. The van der Waals surface area contributed by atoms with Gasteiger partial charge in [0.05, 0.1) is 23.2 Å². The Morgan fingerprint density at radius 1 is 1.21 bits per heavy atom. The molecular weight excluding hydrogens is 473 g/mol. The highest BCUT2D eigenvalue weighted by molar-refractivity contribution is 6.32. The Morgan fingerprint density at radius 3 is 2.47 bits per heavy atom. The molecule has 1 fully saturated rings. The summed E-state index contributed by atoms with van der Waals surface area (Å²) >= 11 is 6.23. The third-order valence-corrected chi connectivity index (χ3v) is 6.39. The van der Waals surface area contributed by atoms with Crippen LogP contribution in [-0.4, -0.2) is 53.2 Å². The molecule has 2 atom stereocenters. The molecule has 2 aliphatic heterocycles. The lowest BCUT2D eigenvalue weighted by atomic mass is 9.94. The van der Waals surface area contributed by atoms with Gasteiger partial charge in [0.1, 0.15) is 23.4 Å². The number of carboxylic acid groups (broad SMARTS) is 1. The number of rotatable bonds is 6. The van der Waals surface area contributed by atoms with Gasteiger partial charge in [0.15, 0.2) is 0 Å². The zero-order valence-electron chi connectivity index (χ0n) is 18.4. The molecule has 1 N–H and O–H groups in total. The van der Waals surface area contributed by atoms with Gasteiger partial charge in [-0.15, -0.1) is 0 Å². The molecule has 2 unspecified atom stereocenters. The molecule has 1 aromatic carbocycles. The zero-order chi connectivity index (χ0) is 24.5. The minimum atomic E-state index is -4.62. The second-order valence-corrected chi connectivity index (χ2v) is 8.80. The molecule has 3 heterocycles. The largest absolute Gasteiger partial charge is 0.490 e. The Kier molecular flexibility index (Phi) is 6.88. The molecule has 7 nitrogen and oxygen atoms in total. The fraction of sp³-hybridized carbons (Fsp3) is 0.435. The fourth-order valence-corrected chi connectivity index (χ4v) is 4.59. The van der Waals surface area contributed by atoms with E-state index < -0.39 is 36.2 Å². The number of benzene rings is 1. The van der Waals surface area contributed by atoms with Gasteiger partial charge in [-0.25, -0.2) is 4.98 Å². The van der Waals surface area contributed by atoms with Gasteiger partial charge in [-0.05, 0) is 36.4 Å². The van der Waals surface area contributed by atoms with Crippen LogP contribution >= 0.6 is 11.6 Å². The van der Waals surface area contributed by atoms with Crippen molar-refractivity contribution in [2.75, 3.05) is 23.0 Å². The number of nitrogens with zero attached hydrogens (tertiary/aromatic N) is 4. The SMILES string of the molecule is CC1C(C(F)(F)F)=NN(c2ccc(OC3CCN(c4ncccc4Cl)CC3)cc2)C1CC(=O)O. The second-order valence-electron chi connectivity index (χ2n) is 8.39. The zero-order valence-corrected chi connectivity index (χ0v) is 19.1. The molecule has 1 aromatic heterocycles. The molecule has 0 saturated carbocycles. The number of aromatic nitrogens is 1. The maximum atomic E-state index is 13.4. The molecule has 0 spiro atoms. The standard InChI is InChI=1S/C23H24ClF3N4O3/c1-14-19(13-20(32)33)31(29-21(14)23(25,26)27)15-4-6-16(7-5-15)34-17-8-11-30(12-9-17)22-18(24)3-2-10-28-22/h2-7,10,14,17,19H,8-9,11-13H2,1H3,(H,32,33). The van der Waals surface area contributed by atoms with Gasteiger partial charge in [-0.2, -0.15) is 18.3 Å². The Labute approximate surface area is 199 Å². The van der Waals surface area contributed by atoms with Gasteiger partial charge in [0, 0.05) is 38.0 Å². The van der Waals surface area contributed by atoms with Crippen molar-refractivity contribution >= 4 is 34.8 Å². The summed E-state index contributed by atoms with van der Waals surface area (Å²) in [5, 5.41) is 14.7. The highest BCUT2D eigenvalue weighted by atomic mass is 35.5. The van der Waals surface area contributed by atoms with Crippen LogP contribution in [0.3, 0.4) is 0 Å². The lowest BCUT2D eigenvalue weighted by molar-refractivity contribution is -0.137. The number of piperidine rings is 1. The van der Waals surface area contributed by atoms with Crippen LogP contribution in [-0.2, 0) is 4.79 Å². The number of pyridine rings is 1. The van der Waals surface area contributed by atoms with Crippen LogP contribution in [0, 0.1) is 5.92 Å². The Hall–Kier alpha value is -3.01. The first kappa shape index (κ1) is 24.1. The summed E-state index contributed by atoms with van der Waals surface area (Å²) in [5.74, 6) is -0.912. The maximum Gasteiger partial charge on any atom is 0.431 e. The molecule has 0 radical (unpaired) electrons. The highest BCUT2D eigenvalue weighted by Gasteiger charge is 2.48. The van der Waals surface area contributed by atoms with Crippen molar-refractivity contribution in [2.24, 2.45) is 11.0 Å². The number of hydrogen-bond acceptors (Lipinski definition) is 6. The van der Waals surface area contributed by atoms with Crippen LogP contribution in [0.2, 0.25) is 5.02 Å². The van der Waals surface area contributed by atoms with Gasteiger partial charge < -0.3 is 14.7 Å². The van der Waals surface area contributed by atoms with E-state index in [-0.39, 0.29) is 6.10 Å². The lowest BCUT2D eigenvalue weighted by Crippen LogP contribution is -2.38. The number of hydrogen-bond donors (Lipinski definition) is 1. The Morgan fingerprint density at radius 2 is 1.88 bits per heavy atom. The summed E-state index contributed by atoms with van der Waals surface area (Å²) in [5.41, 5.74) is -0.594. The Bertz CT molecular complexity index is 1060. The van der Waals surface area contributed by atoms with Gasteiger partial charge in [0.2, 0.25) is 0 Å². The number of hydrazone groups is 1. The molecule has 34 heavy (non-hydrogen) atoms. The van der Waals surface area contributed by atoms with E-state index in [2.05, 4.69) is 15.0 Å². The van der Waals surface area contributed by atoms with Crippen molar-refractivity contribution in [3.63, 3.8) is 0 Å². The van der Waals surface area contributed by atoms with E-state index in [0.29, 0.717) is 16.5 Å². The third kappa shape index (κ3) is 5.22. The Balaban J connectivity index is 1.41. The van der Waals surface area contributed by atoms with Crippen LogP contribution in [0.5, 0.6) is 5.75 Å². The molecule has 0 aliphatic carbocycles. The number of halogens is 4. The number of alkyl halides is 3. The number of carbonyl (C=O) groups is 1. The fourth-order valence-electron chi connectivity index (χ4n) is 4.35. The van der Waals surface area contributed by atoms with Gasteiger partial charge in [-0.1, -0.05) is 18.5 Å². The summed E-state index contributed by atoms with van der Waals surface area (Å²) in [7, 11) is 0. The summed E-state index contributed by atoms with van der Waals surface area (Å²) in [6.07, 6.45) is -1.87. The van der Waals surface area contributed by atoms with Gasteiger partial charge in [-0.3, -0.25) is 9.80 Å². The smallest absolute Gasteiger partial charge is 0.431 e. The average Bonchev–Trinajstić information content (AvgIpc) is 3.11. The van der Waals surface area contributed by atoms with Crippen LogP contribution < -0.4 is 14.6 Å². The number of carboxylic acids is 1. The quantitative estimate of drug-likeness (QED) is 0.606. The van der Waals surface area contributed by atoms with E-state index in [1.54, 1.807) is 42.6 Å². The van der Waals surface area contributed by atoms with E-state index in [1.807, 2.05) is 0 Å². The van der Waals surface area contributed by atoms with Crippen molar-refractivity contribution in [2.45, 2.75) is 44.5 Å². The second kappa shape index (κ2) is 9.69. The van der Waals surface area contributed by atoms with Crippen LogP contribution in [0.4, 0.5) is 24.7 Å². The molecule has 2 aromatic rings. The first-order chi connectivity index (χ1) is 16.1. The van der Waals surface area contributed by atoms with Crippen LogP contribution in [0.1, 0.15) is 26.2 Å². The summed E-state index contributed by atoms with van der Waals surface area (Å²) in [6.45, 7) is 2.82. The maximum absolute atomic E-state index is 13.4. The van der Waals surface area contributed by atoms with Crippen LogP contribution in [0.15, 0.2) is 47.7 Å². The molecule has 4 rings (SSSR count). The van der Waals surface area contributed by atoms with Crippen LogP contribution in [0.25, 0.3) is 0 Å². The molecule has 0 bridgehead atoms. The van der Waals surface area contributed by atoms with E-state index in [9.17, 15) is 23.1 Å². The van der Waals surface area contributed by atoms with Crippen molar-refractivity contribution in [1.82, 2.24) is 4.98 Å². The topological polar surface area (TPSA) is 78.3 Å². The molecule has 11 heteroatoms. The minimum absolute atomic E-state index is 0.0222. The normalized spacial score (nSPS) is 21.5. The molecule has 1 saturated heterocycles. The van der Waals surface area contributed by atoms with E-state index in [0.717, 1.165) is 36.8 Å². The van der Waals surface area contributed by atoms with Crippen molar-refractivity contribution in [3.8, 4) is 5.75 Å². The van der Waals surface area contributed by atoms with Crippen molar-refractivity contribution in [1.29, 1.82) is 0 Å². The monoisotopic (exact) mass is 496 g/mol. The summed E-state index contributed by atoms with van der Waals surface area (Å²) in [6, 6.07) is 9.20. The number of ether oxygens (including phenoxy) is 1. The third-order valence-electron chi connectivity index (χ3n) is 6.10. The predicted octanol–water partition coefficient (Wildman–Crippen LogP) is 5.00. The van der Waals surface area contributed by atoms with Crippen molar-refractivity contribution < 1.29 is 27.8 Å². The molecular formula is C23H24ClF3N4O3. The van der Waals surface area contributed by atoms with E-state index >= 15 is 0 Å². The highest BCUT2D eigenvalue weighted by Crippen LogP contribution is 2.37. The predicted molar refractivity (Wildman–Crippen MR) is 123 cm³/mol. The van der Waals surface area contributed by atoms with Gasteiger partial charge >= 0.3 is 12.1 Å².